The molecule has 3 rings (SSSR count). The summed E-state index contributed by atoms with van der Waals surface area (Å²) in [4.78, 5) is 36.2. The van der Waals surface area contributed by atoms with Gasteiger partial charge in [-0.3, -0.25) is 9.59 Å². The van der Waals surface area contributed by atoms with Crippen molar-refractivity contribution in [3.63, 3.8) is 0 Å². The third kappa shape index (κ3) is 4.10. The minimum Gasteiger partial charge on any atom is -0.366 e. The van der Waals surface area contributed by atoms with Crippen LogP contribution in [0.4, 0.5) is 11.5 Å². The van der Waals surface area contributed by atoms with Gasteiger partial charge in [-0.15, -0.1) is 0 Å². The number of likely N-dealkylation sites (N-methyl/N-ethyl adjacent to an activating group) is 1. The van der Waals surface area contributed by atoms with Crippen LogP contribution in [0.1, 0.15) is 20.8 Å². The fraction of sp³-hybridized carbons (Fsp3) is 0.294. The van der Waals surface area contributed by atoms with E-state index in [0.717, 1.165) is 32.0 Å². The third-order valence-corrected chi connectivity index (χ3v) is 4.14. The van der Waals surface area contributed by atoms with E-state index in [0.29, 0.717) is 16.9 Å². The number of benzene rings is 1. The van der Waals surface area contributed by atoms with E-state index in [-0.39, 0.29) is 5.91 Å². The summed E-state index contributed by atoms with van der Waals surface area (Å²) in [6.45, 7) is 3.64. The molecule has 130 valence electrons. The number of primary amides is 1. The van der Waals surface area contributed by atoms with E-state index < -0.39 is 5.91 Å². The highest BCUT2D eigenvalue weighted by Gasteiger charge is 2.17. The van der Waals surface area contributed by atoms with Crippen molar-refractivity contribution in [3.05, 3.63) is 47.9 Å². The molecule has 0 spiro atoms. The highest BCUT2D eigenvalue weighted by molar-refractivity contribution is 6.03. The predicted molar refractivity (Wildman–Crippen MR) is 94.7 cm³/mol. The standard InChI is InChI=1S/C17H20N6O2/c1-22-6-8-23(9-7-22)15-10-14(19-11-20-15)17(25)21-13-4-2-12(3-5-13)16(18)24/h2-5,10-11H,6-9H2,1H3,(H2,18,24)(H,21,25). The molecule has 8 nitrogen and oxygen atoms in total. The number of carbonyl (C=O) groups excluding carboxylic acids is 2. The summed E-state index contributed by atoms with van der Waals surface area (Å²) < 4.78 is 0. The van der Waals surface area contributed by atoms with E-state index in [1.807, 2.05) is 0 Å². The van der Waals surface area contributed by atoms with Crippen molar-refractivity contribution >= 4 is 23.3 Å². The maximum absolute atomic E-state index is 12.4. The molecule has 3 N–H and O–H groups in total. The quantitative estimate of drug-likeness (QED) is 0.844. The van der Waals surface area contributed by atoms with Gasteiger partial charge in [-0.1, -0.05) is 0 Å². The Kier molecular flexibility index (Phi) is 4.90. The molecule has 8 heteroatoms. The number of rotatable bonds is 4. The van der Waals surface area contributed by atoms with E-state index in [1.165, 1.54) is 6.33 Å². The average molecular weight is 340 g/mol. The lowest BCUT2D eigenvalue weighted by molar-refractivity contribution is 0.0998. The van der Waals surface area contributed by atoms with Crippen LogP contribution in [0.15, 0.2) is 36.7 Å². The van der Waals surface area contributed by atoms with Gasteiger partial charge in [0.05, 0.1) is 0 Å². The van der Waals surface area contributed by atoms with Gasteiger partial charge in [-0.2, -0.15) is 0 Å². The van der Waals surface area contributed by atoms with Crippen molar-refractivity contribution in [1.82, 2.24) is 14.9 Å². The van der Waals surface area contributed by atoms with Gasteiger partial charge in [0.2, 0.25) is 5.91 Å². The molecule has 1 saturated heterocycles. The van der Waals surface area contributed by atoms with Crippen LogP contribution in [0.3, 0.4) is 0 Å². The molecule has 1 aromatic heterocycles. The van der Waals surface area contributed by atoms with Crippen LogP contribution in [0, 0.1) is 0 Å². The molecule has 0 radical (unpaired) electrons. The van der Waals surface area contributed by atoms with Crippen molar-refractivity contribution in [2.24, 2.45) is 5.73 Å². The summed E-state index contributed by atoms with van der Waals surface area (Å²) in [7, 11) is 2.08. The molecule has 0 atom stereocenters. The lowest BCUT2D eigenvalue weighted by atomic mass is 10.2. The maximum atomic E-state index is 12.4. The number of piperazine rings is 1. The Hall–Kier alpha value is -3.00. The molecule has 0 saturated carbocycles. The van der Waals surface area contributed by atoms with Gasteiger partial charge in [-0.25, -0.2) is 9.97 Å². The van der Waals surface area contributed by atoms with Gasteiger partial charge in [0.15, 0.2) is 0 Å². The van der Waals surface area contributed by atoms with Crippen molar-refractivity contribution < 1.29 is 9.59 Å². The molecule has 1 fully saturated rings. The van der Waals surface area contributed by atoms with Gasteiger partial charge >= 0.3 is 0 Å². The van der Waals surface area contributed by atoms with E-state index in [2.05, 4.69) is 32.1 Å². The molecular formula is C17H20N6O2. The maximum Gasteiger partial charge on any atom is 0.274 e. The van der Waals surface area contributed by atoms with Crippen LogP contribution in [0.2, 0.25) is 0 Å². The minimum atomic E-state index is -0.509. The van der Waals surface area contributed by atoms with Crippen LogP contribution in [0.25, 0.3) is 0 Å². The van der Waals surface area contributed by atoms with Crippen LogP contribution in [-0.4, -0.2) is 59.9 Å². The molecule has 1 aromatic carbocycles. The molecular weight excluding hydrogens is 320 g/mol. The Morgan fingerprint density at radius 3 is 2.40 bits per heavy atom. The summed E-state index contributed by atoms with van der Waals surface area (Å²) in [6, 6.07) is 8.07. The lowest BCUT2D eigenvalue weighted by Crippen LogP contribution is -2.44. The van der Waals surface area contributed by atoms with E-state index in [1.54, 1.807) is 30.3 Å². The van der Waals surface area contributed by atoms with Crippen LogP contribution in [-0.2, 0) is 0 Å². The average Bonchev–Trinajstić information content (AvgIpc) is 2.63. The number of nitrogens with two attached hydrogens (primary N) is 1. The molecule has 2 amide bonds. The largest absolute Gasteiger partial charge is 0.366 e. The number of amides is 2. The summed E-state index contributed by atoms with van der Waals surface area (Å²) in [6.07, 6.45) is 1.40. The molecule has 2 heterocycles. The third-order valence-electron chi connectivity index (χ3n) is 4.14. The number of nitrogens with zero attached hydrogens (tertiary/aromatic N) is 4. The zero-order valence-electron chi connectivity index (χ0n) is 14.0. The Morgan fingerprint density at radius 2 is 1.76 bits per heavy atom. The number of anilines is 2. The number of aromatic nitrogens is 2. The Bertz CT molecular complexity index is 769. The zero-order valence-corrected chi connectivity index (χ0v) is 14.0. The van der Waals surface area contributed by atoms with E-state index in [9.17, 15) is 9.59 Å². The monoisotopic (exact) mass is 340 g/mol. The molecule has 0 bridgehead atoms. The van der Waals surface area contributed by atoms with Crippen molar-refractivity contribution in [1.29, 1.82) is 0 Å². The fourth-order valence-corrected chi connectivity index (χ4v) is 2.59. The molecule has 0 aliphatic carbocycles. The Labute approximate surface area is 145 Å². The van der Waals surface area contributed by atoms with Gasteiger partial charge in [0, 0.05) is 43.5 Å². The number of carbonyl (C=O) groups is 2. The SMILES string of the molecule is CN1CCN(c2cc(C(=O)Nc3ccc(C(N)=O)cc3)ncn2)CC1. The first-order chi connectivity index (χ1) is 12.0. The lowest BCUT2D eigenvalue weighted by Gasteiger charge is -2.33. The fourth-order valence-electron chi connectivity index (χ4n) is 2.59. The second kappa shape index (κ2) is 7.27. The minimum absolute atomic E-state index is 0.294. The second-order valence-electron chi connectivity index (χ2n) is 5.95. The summed E-state index contributed by atoms with van der Waals surface area (Å²) >= 11 is 0. The van der Waals surface area contributed by atoms with Crippen LogP contribution >= 0.6 is 0 Å². The second-order valence-corrected chi connectivity index (χ2v) is 5.95. The molecule has 25 heavy (non-hydrogen) atoms. The summed E-state index contributed by atoms with van der Waals surface area (Å²) in [5, 5.41) is 2.75. The first-order valence-electron chi connectivity index (χ1n) is 7.99. The summed E-state index contributed by atoms with van der Waals surface area (Å²) in [5.41, 5.74) is 6.45. The highest BCUT2D eigenvalue weighted by Crippen LogP contribution is 2.15. The van der Waals surface area contributed by atoms with Gasteiger partial charge in [0.1, 0.15) is 17.8 Å². The molecule has 1 aliphatic rings. The normalized spacial score (nSPS) is 15.0. The van der Waals surface area contributed by atoms with Crippen molar-refractivity contribution in [2.75, 3.05) is 43.4 Å². The molecule has 0 unspecified atom stereocenters. The van der Waals surface area contributed by atoms with E-state index in [4.69, 9.17) is 5.73 Å². The smallest absolute Gasteiger partial charge is 0.274 e. The van der Waals surface area contributed by atoms with Gasteiger partial charge < -0.3 is 20.9 Å². The van der Waals surface area contributed by atoms with Crippen molar-refractivity contribution in [2.45, 2.75) is 0 Å². The van der Waals surface area contributed by atoms with Gasteiger partial charge in [0.25, 0.3) is 5.91 Å². The van der Waals surface area contributed by atoms with Crippen molar-refractivity contribution in [3.8, 4) is 0 Å². The Balaban J connectivity index is 1.69. The highest BCUT2D eigenvalue weighted by atomic mass is 16.2. The van der Waals surface area contributed by atoms with Crippen LogP contribution in [0.5, 0.6) is 0 Å². The zero-order chi connectivity index (χ0) is 17.8. The topological polar surface area (TPSA) is 104 Å². The van der Waals surface area contributed by atoms with Gasteiger partial charge in [-0.05, 0) is 31.3 Å². The first kappa shape index (κ1) is 16.8. The predicted octanol–water partition coefficient (Wildman–Crippen LogP) is 0.580. The first-order valence-corrected chi connectivity index (χ1v) is 7.99. The number of hydrogen-bond donors (Lipinski definition) is 2. The Morgan fingerprint density at radius 1 is 1.08 bits per heavy atom. The molecule has 2 aromatic rings. The molecule has 1 aliphatic heterocycles. The number of nitrogens with one attached hydrogen (secondary N) is 1. The van der Waals surface area contributed by atoms with Crippen LogP contribution < -0.4 is 16.0 Å². The summed E-state index contributed by atoms with van der Waals surface area (Å²) in [5.74, 6) is -0.0903. The number of hydrogen-bond acceptors (Lipinski definition) is 6. The van der Waals surface area contributed by atoms with E-state index >= 15 is 0 Å².